The van der Waals surface area contributed by atoms with E-state index in [9.17, 15) is 21.6 Å². The molecule has 1 heterocycles. The maximum Gasteiger partial charge on any atom is 0.416 e. The van der Waals surface area contributed by atoms with Crippen molar-refractivity contribution in [2.75, 3.05) is 12.8 Å². The van der Waals surface area contributed by atoms with Crippen LogP contribution in [0.15, 0.2) is 42.6 Å². The second-order valence-electron chi connectivity index (χ2n) is 7.69. The minimum absolute atomic E-state index is 0.154. The van der Waals surface area contributed by atoms with E-state index in [2.05, 4.69) is 9.82 Å². The van der Waals surface area contributed by atoms with Gasteiger partial charge in [-0.1, -0.05) is 26.0 Å². The zero-order valence-corrected chi connectivity index (χ0v) is 17.3. The molecule has 5 nitrogen and oxygen atoms in total. The number of benzene rings is 2. The van der Waals surface area contributed by atoms with E-state index in [4.69, 9.17) is 0 Å². The summed E-state index contributed by atoms with van der Waals surface area (Å²) in [5.74, 6) is -0.154. The van der Waals surface area contributed by atoms with E-state index >= 15 is 0 Å². The molecule has 1 aromatic heterocycles. The van der Waals surface area contributed by atoms with Gasteiger partial charge in [-0.25, -0.2) is 13.1 Å². The quantitative estimate of drug-likeness (QED) is 0.670. The first-order chi connectivity index (χ1) is 13.3. The molecule has 0 saturated carbocycles. The summed E-state index contributed by atoms with van der Waals surface area (Å²) in [7, 11) is -0.372. The molecule has 0 radical (unpaired) electrons. The van der Waals surface area contributed by atoms with Crippen molar-refractivity contribution < 1.29 is 21.6 Å². The van der Waals surface area contributed by atoms with E-state index in [-0.39, 0.29) is 5.75 Å². The molecule has 156 valence electrons. The first kappa shape index (κ1) is 21.3. The summed E-state index contributed by atoms with van der Waals surface area (Å²) in [5, 5.41) is 5.26. The van der Waals surface area contributed by atoms with Crippen molar-refractivity contribution in [3.63, 3.8) is 0 Å². The number of rotatable bonds is 5. The second-order valence-corrected chi connectivity index (χ2v) is 9.61. The average Bonchev–Trinajstić information content (AvgIpc) is 2.99. The van der Waals surface area contributed by atoms with Crippen molar-refractivity contribution in [3.05, 3.63) is 53.7 Å². The molecule has 3 rings (SSSR count). The normalized spacial score (nSPS) is 13.2. The van der Waals surface area contributed by atoms with Gasteiger partial charge in [-0.15, -0.1) is 0 Å². The molecule has 0 fully saturated rings. The van der Waals surface area contributed by atoms with Gasteiger partial charge in [0.25, 0.3) is 0 Å². The van der Waals surface area contributed by atoms with Crippen LogP contribution in [0.4, 0.5) is 13.2 Å². The molecule has 0 atom stereocenters. The van der Waals surface area contributed by atoms with Crippen molar-refractivity contribution in [3.8, 4) is 11.1 Å². The minimum Gasteiger partial charge on any atom is -0.275 e. The SMILES string of the molecule is CNS(=O)(=O)CC(C)(C)c1cc(-c2ccc(C(F)(F)F)cc2)cc2cn(C)nc12. The van der Waals surface area contributed by atoms with E-state index < -0.39 is 27.2 Å². The van der Waals surface area contributed by atoms with Gasteiger partial charge in [-0.2, -0.15) is 18.3 Å². The number of hydrogen-bond acceptors (Lipinski definition) is 3. The number of halogens is 3. The van der Waals surface area contributed by atoms with Gasteiger partial charge in [0.05, 0.1) is 16.8 Å². The first-order valence-electron chi connectivity index (χ1n) is 8.89. The number of nitrogens with one attached hydrogen (secondary N) is 1. The molecule has 29 heavy (non-hydrogen) atoms. The molecular weight excluding hydrogens is 403 g/mol. The van der Waals surface area contributed by atoms with Crippen LogP contribution in [-0.4, -0.2) is 31.0 Å². The topological polar surface area (TPSA) is 64.0 Å². The van der Waals surface area contributed by atoms with E-state index in [1.807, 2.05) is 26.0 Å². The van der Waals surface area contributed by atoms with Gasteiger partial charge < -0.3 is 0 Å². The van der Waals surface area contributed by atoms with Crippen LogP contribution in [0.5, 0.6) is 0 Å². The Morgan fingerprint density at radius 3 is 2.24 bits per heavy atom. The Bertz CT molecular complexity index is 1150. The fraction of sp³-hybridized carbons (Fsp3) is 0.350. The van der Waals surface area contributed by atoms with Crippen LogP contribution in [0, 0.1) is 0 Å². The van der Waals surface area contributed by atoms with E-state index in [1.165, 1.54) is 19.2 Å². The Balaban J connectivity index is 2.16. The third-order valence-corrected chi connectivity index (χ3v) is 6.58. The molecule has 2 aromatic carbocycles. The molecule has 9 heteroatoms. The van der Waals surface area contributed by atoms with Crippen molar-refractivity contribution in [2.45, 2.75) is 25.4 Å². The first-order valence-corrected chi connectivity index (χ1v) is 10.5. The molecule has 0 bridgehead atoms. The fourth-order valence-corrected chi connectivity index (χ4v) is 4.66. The monoisotopic (exact) mass is 425 g/mol. The lowest BCUT2D eigenvalue weighted by Crippen LogP contribution is -2.34. The highest BCUT2D eigenvalue weighted by Crippen LogP contribution is 2.36. The molecular formula is C20H22F3N3O2S. The Morgan fingerprint density at radius 2 is 1.69 bits per heavy atom. The summed E-state index contributed by atoms with van der Waals surface area (Å²) in [6, 6.07) is 8.57. The van der Waals surface area contributed by atoms with Crippen LogP contribution in [0.1, 0.15) is 25.0 Å². The molecule has 0 unspecified atom stereocenters. The number of fused-ring (bicyclic) bond motifs is 1. The fourth-order valence-electron chi connectivity index (χ4n) is 3.41. The maximum absolute atomic E-state index is 12.9. The Morgan fingerprint density at radius 1 is 1.07 bits per heavy atom. The van der Waals surface area contributed by atoms with Gasteiger partial charge in [0.2, 0.25) is 10.0 Å². The number of aromatic nitrogens is 2. The summed E-state index contributed by atoms with van der Waals surface area (Å²) >= 11 is 0. The van der Waals surface area contributed by atoms with Crippen LogP contribution >= 0.6 is 0 Å². The van der Waals surface area contributed by atoms with E-state index in [0.29, 0.717) is 22.2 Å². The lowest BCUT2D eigenvalue weighted by Gasteiger charge is -2.26. The predicted molar refractivity (Wildman–Crippen MR) is 107 cm³/mol. The van der Waals surface area contributed by atoms with E-state index in [0.717, 1.165) is 17.5 Å². The molecule has 0 spiro atoms. The van der Waals surface area contributed by atoms with Crippen molar-refractivity contribution in [2.24, 2.45) is 7.05 Å². The smallest absolute Gasteiger partial charge is 0.275 e. The third-order valence-electron chi connectivity index (χ3n) is 4.86. The lowest BCUT2D eigenvalue weighted by atomic mass is 9.83. The zero-order chi connectivity index (χ0) is 21.6. The van der Waals surface area contributed by atoms with Crippen LogP contribution < -0.4 is 4.72 Å². The predicted octanol–water partition coefficient (Wildman–Crippen LogP) is 4.09. The van der Waals surface area contributed by atoms with Crippen molar-refractivity contribution in [1.29, 1.82) is 0 Å². The summed E-state index contributed by atoms with van der Waals surface area (Å²) in [6.45, 7) is 3.61. The summed E-state index contributed by atoms with van der Waals surface area (Å²) in [5.41, 5.74) is 1.19. The minimum atomic E-state index is -4.40. The van der Waals surface area contributed by atoms with Crippen molar-refractivity contribution in [1.82, 2.24) is 14.5 Å². The summed E-state index contributed by atoms with van der Waals surface area (Å²) < 4.78 is 66.9. The number of aryl methyl sites for hydroxylation is 1. The number of nitrogens with zero attached hydrogens (tertiary/aromatic N) is 2. The van der Waals surface area contributed by atoms with Gasteiger partial charge in [0, 0.05) is 24.0 Å². The van der Waals surface area contributed by atoms with Crippen LogP contribution in [0.2, 0.25) is 0 Å². The highest BCUT2D eigenvalue weighted by molar-refractivity contribution is 7.89. The van der Waals surface area contributed by atoms with Gasteiger partial charge >= 0.3 is 6.18 Å². The van der Waals surface area contributed by atoms with Gasteiger partial charge in [0.1, 0.15) is 0 Å². The van der Waals surface area contributed by atoms with E-state index in [1.54, 1.807) is 17.9 Å². The largest absolute Gasteiger partial charge is 0.416 e. The molecule has 0 aliphatic heterocycles. The standard InChI is InChI=1S/C20H22F3N3O2S/c1-19(2,12-29(27,28)24-3)17-10-14(9-15-11-26(4)25-18(15)17)13-5-7-16(8-6-13)20(21,22)23/h5-11,24H,12H2,1-4H3. The molecule has 3 aromatic rings. The second kappa shape index (κ2) is 7.14. The van der Waals surface area contributed by atoms with Gasteiger partial charge in [-0.05, 0) is 48.0 Å². The number of hydrogen-bond donors (Lipinski definition) is 1. The van der Waals surface area contributed by atoms with Gasteiger partial charge in [-0.3, -0.25) is 4.68 Å². The Labute approximate surface area is 167 Å². The maximum atomic E-state index is 12.9. The highest BCUT2D eigenvalue weighted by Gasteiger charge is 2.31. The van der Waals surface area contributed by atoms with Crippen molar-refractivity contribution >= 4 is 20.9 Å². The molecule has 0 saturated heterocycles. The Kier molecular flexibility index (Phi) is 5.25. The lowest BCUT2D eigenvalue weighted by molar-refractivity contribution is -0.137. The number of sulfonamides is 1. The third kappa shape index (κ3) is 4.45. The molecule has 1 N–H and O–H groups in total. The Hall–Kier alpha value is -2.39. The summed E-state index contributed by atoms with van der Waals surface area (Å²) in [6.07, 6.45) is -2.60. The number of alkyl halides is 3. The molecule has 0 amide bonds. The summed E-state index contributed by atoms with van der Waals surface area (Å²) in [4.78, 5) is 0. The highest BCUT2D eigenvalue weighted by atomic mass is 32.2. The van der Waals surface area contributed by atoms with Gasteiger partial charge in [0.15, 0.2) is 0 Å². The zero-order valence-electron chi connectivity index (χ0n) is 16.5. The average molecular weight is 425 g/mol. The molecule has 0 aliphatic carbocycles. The van der Waals surface area contributed by atoms with Crippen LogP contribution in [0.3, 0.4) is 0 Å². The van der Waals surface area contributed by atoms with Crippen LogP contribution in [0.25, 0.3) is 22.0 Å². The van der Waals surface area contributed by atoms with Crippen LogP contribution in [-0.2, 0) is 28.7 Å². The molecule has 0 aliphatic rings.